The fourth-order valence-electron chi connectivity index (χ4n) is 1.85. The van der Waals surface area contributed by atoms with Gasteiger partial charge in [-0.15, -0.1) is 0 Å². The third-order valence-corrected chi connectivity index (χ3v) is 3.32. The zero-order chi connectivity index (χ0) is 20.3. The molecule has 0 aliphatic rings. The Bertz CT molecular complexity index is 594. The smallest absolute Gasteiger partial charge is 0.159 e. The molecule has 0 fully saturated rings. The molecule has 0 aliphatic carbocycles. The van der Waals surface area contributed by atoms with Crippen molar-refractivity contribution in [2.24, 2.45) is 0 Å². The quantitative estimate of drug-likeness (QED) is 0.277. The van der Waals surface area contributed by atoms with Crippen LogP contribution >= 0.6 is 0 Å². The minimum atomic E-state index is -1.12. The molecule has 0 bridgehead atoms. The van der Waals surface area contributed by atoms with E-state index in [0.717, 1.165) is 6.42 Å². The lowest BCUT2D eigenvalue weighted by Gasteiger charge is -2.11. The van der Waals surface area contributed by atoms with Crippen LogP contribution in [0.15, 0.2) is 72.9 Å². The van der Waals surface area contributed by atoms with Crippen LogP contribution < -0.4 is 5.11 Å². The molecule has 2 atom stereocenters. The summed E-state index contributed by atoms with van der Waals surface area (Å²) in [6.45, 7) is 2.01. The first-order valence-corrected chi connectivity index (χ1v) is 9.04. The molecule has 5 heteroatoms. The van der Waals surface area contributed by atoms with Crippen LogP contribution in [0.1, 0.15) is 39.0 Å². The molecule has 0 radical (unpaired) electrons. The first-order chi connectivity index (χ1) is 13.0. The minimum absolute atomic E-state index is 0.0408. The summed E-state index contributed by atoms with van der Waals surface area (Å²) in [6, 6.07) is 0. The van der Waals surface area contributed by atoms with Crippen LogP contribution in [0.2, 0.25) is 0 Å². The van der Waals surface area contributed by atoms with E-state index in [0.29, 0.717) is 12.8 Å². The summed E-state index contributed by atoms with van der Waals surface area (Å²) in [5, 5.41) is 29.8. The zero-order valence-electron chi connectivity index (χ0n) is 15.7. The largest absolute Gasteiger partial charge is 0.550 e. The predicted molar refractivity (Wildman–Crippen MR) is 106 cm³/mol. The summed E-state index contributed by atoms with van der Waals surface area (Å²) in [7, 11) is 0. The van der Waals surface area contributed by atoms with Gasteiger partial charge in [-0.25, -0.2) is 0 Å². The van der Waals surface area contributed by atoms with Gasteiger partial charge in [0.15, 0.2) is 5.78 Å². The van der Waals surface area contributed by atoms with Crippen molar-refractivity contribution in [3.63, 3.8) is 0 Å². The molecule has 0 heterocycles. The van der Waals surface area contributed by atoms with E-state index in [2.05, 4.69) is 0 Å². The summed E-state index contributed by atoms with van der Waals surface area (Å²) in [5.41, 5.74) is 0. The molecule has 148 valence electrons. The van der Waals surface area contributed by atoms with Crippen molar-refractivity contribution >= 4 is 11.8 Å². The van der Waals surface area contributed by atoms with Gasteiger partial charge in [0.25, 0.3) is 0 Å². The van der Waals surface area contributed by atoms with Gasteiger partial charge >= 0.3 is 0 Å². The molecule has 0 spiro atoms. The van der Waals surface area contributed by atoms with E-state index >= 15 is 0 Å². The van der Waals surface area contributed by atoms with Crippen LogP contribution in [-0.2, 0) is 9.59 Å². The monoisotopic (exact) mass is 373 g/mol. The van der Waals surface area contributed by atoms with Crippen molar-refractivity contribution in [1.29, 1.82) is 0 Å². The topological polar surface area (TPSA) is 97.7 Å². The number of hydrogen-bond acceptors (Lipinski definition) is 5. The Labute approximate surface area is 161 Å². The SMILES string of the molecule is CC/C=C\CC(=O)/C=C/C=C\C=C\C=C\[C@@H](O)[C@@H](O)C/C=C\CCC(=O)[O-]. The highest BCUT2D eigenvalue weighted by Gasteiger charge is 2.10. The standard InChI is InChI=1S/C22H30O5/c1-2-3-9-14-19(23)15-10-6-4-5-7-11-16-20(24)21(25)17-12-8-13-18-22(26)27/h3-12,15-16,20-21,24-25H,2,13-14,17-18H2,1H3,(H,26,27)/p-1/b6-4-,7-5+,9-3-,12-8-,15-10+,16-11+/t20-,21+/m1/s1. The van der Waals surface area contributed by atoms with Gasteiger partial charge in [0, 0.05) is 12.4 Å². The van der Waals surface area contributed by atoms with Crippen LogP contribution in [0.25, 0.3) is 0 Å². The van der Waals surface area contributed by atoms with Gasteiger partial charge in [0.1, 0.15) is 0 Å². The Balaban J connectivity index is 4.08. The van der Waals surface area contributed by atoms with Gasteiger partial charge in [-0.1, -0.05) is 73.8 Å². The average Bonchev–Trinajstić information content (AvgIpc) is 2.63. The lowest BCUT2D eigenvalue weighted by Crippen LogP contribution is -2.22. The van der Waals surface area contributed by atoms with Crippen LogP contribution in [-0.4, -0.2) is 34.2 Å². The zero-order valence-corrected chi connectivity index (χ0v) is 15.7. The van der Waals surface area contributed by atoms with Crippen LogP contribution in [0.3, 0.4) is 0 Å². The molecule has 0 aromatic carbocycles. The van der Waals surface area contributed by atoms with Crippen molar-refractivity contribution in [2.45, 2.75) is 51.2 Å². The third-order valence-electron chi connectivity index (χ3n) is 3.32. The number of aliphatic carboxylic acids is 1. The second-order valence-electron chi connectivity index (χ2n) is 5.74. The highest BCUT2D eigenvalue weighted by atomic mass is 16.4. The molecular weight excluding hydrogens is 344 g/mol. The first kappa shape index (κ1) is 24.5. The third kappa shape index (κ3) is 16.7. The highest BCUT2D eigenvalue weighted by Crippen LogP contribution is 2.03. The van der Waals surface area contributed by atoms with E-state index in [1.807, 2.05) is 19.1 Å². The van der Waals surface area contributed by atoms with Crippen molar-refractivity contribution in [3.05, 3.63) is 72.9 Å². The highest BCUT2D eigenvalue weighted by molar-refractivity contribution is 5.90. The molecule has 0 unspecified atom stereocenters. The first-order valence-electron chi connectivity index (χ1n) is 9.04. The van der Waals surface area contributed by atoms with Gasteiger partial charge in [-0.2, -0.15) is 0 Å². The molecule has 0 saturated heterocycles. The predicted octanol–water partition coefficient (Wildman–Crippen LogP) is 2.33. The van der Waals surface area contributed by atoms with Crippen LogP contribution in [0.4, 0.5) is 0 Å². The summed E-state index contributed by atoms with van der Waals surface area (Å²) < 4.78 is 0. The Kier molecular flexibility index (Phi) is 15.4. The lowest BCUT2D eigenvalue weighted by atomic mass is 10.1. The molecule has 0 rings (SSSR count). The number of aliphatic hydroxyl groups is 2. The number of hydrogen-bond donors (Lipinski definition) is 2. The number of carbonyl (C=O) groups is 2. The molecule has 0 aromatic heterocycles. The Morgan fingerprint density at radius 1 is 0.926 bits per heavy atom. The number of ketones is 1. The normalized spacial score (nSPS) is 15.2. The van der Waals surface area contributed by atoms with Gasteiger partial charge in [0.2, 0.25) is 0 Å². The van der Waals surface area contributed by atoms with Crippen molar-refractivity contribution in [1.82, 2.24) is 0 Å². The molecule has 0 aromatic rings. The van der Waals surface area contributed by atoms with Crippen molar-refractivity contribution in [2.75, 3.05) is 0 Å². The molecule has 27 heavy (non-hydrogen) atoms. The van der Waals surface area contributed by atoms with E-state index in [1.165, 1.54) is 12.2 Å². The summed E-state index contributed by atoms with van der Waals surface area (Å²) in [6.07, 6.45) is 20.1. The molecule has 0 amide bonds. The Morgan fingerprint density at radius 2 is 1.59 bits per heavy atom. The second-order valence-corrected chi connectivity index (χ2v) is 5.74. The van der Waals surface area contributed by atoms with E-state index in [-0.39, 0.29) is 18.6 Å². The van der Waals surface area contributed by atoms with E-state index in [1.54, 1.807) is 48.6 Å². The maximum atomic E-state index is 11.4. The van der Waals surface area contributed by atoms with Crippen molar-refractivity contribution in [3.8, 4) is 0 Å². The number of carbonyl (C=O) groups excluding carboxylic acids is 2. The lowest BCUT2D eigenvalue weighted by molar-refractivity contribution is -0.305. The summed E-state index contributed by atoms with van der Waals surface area (Å²) >= 11 is 0. The van der Waals surface area contributed by atoms with E-state index in [4.69, 9.17) is 0 Å². The summed E-state index contributed by atoms with van der Waals surface area (Å²) in [4.78, 5) is 21.7. The van der Waals surface area contributed by atoms with E-state index < -0.39 is 18.2 Å². The molecule has 5 nitrogen and oxygen atoms in total. The van der Waals surface area contributed by atoms with Crippen molar-refractivity contribution < 1.29 is 24.9 Å². The molecule has 2 N–H and O–H groups in total. The van der Waals surface area contributed by atoms with Gasteiger partial charge in [-0.05, 0) is 31.8 Å². The summed E-state index contributed by atoms with van der Waals surface area (Å²) in [5.74, 6) is -1.07. The molecular formula is C22H29O5-. The second kappa shape index (κ2) is 16.9. The van der Waals surface area contributed by atoms with Crippen LogP contribution in [0, 0.1) is 0 Å². The van der Waals surface area contributed by atoms with E-state index in [9.17, 15) is 24.9 Å². The fraction of sp³-hybridized carbons (Fsp3) is 0.364. The number of carboxylic acid groups (broad SMARTS) is 1. The maximum Gasteiger partial charge on any atom is 0.159 e. The number of aliphatic hydroxyl groups excluding tert-OH is 2. The number of allylic oxidation sites excluding steroid dienone is 10. The van der Waals surface area contributed by atoms with Crippen LogP contribution in [0.5, 0.6) is 0 Å². The Hall–Kier alpha value is -2.50. The average molecular weight is 373 g/mol. The van der Waals surface area contributed by atoms with Gasteiger partial charge < -0.3 is 20.1 Å². The number of carboxylic acids is 1. The number of rotatable bonds is 14. The van der Waals surface area contributed by atoms with Gasteiger partial charge in [-0.3, -0.25) is 4.79 Å². The van der Waals surface area contributed by atoms with Gasteiger partial charge in [0.05, 0.1) is 12.2 Å². The minimum Gasteiger partial charge on any atom is -0.550 e. The Morgan fingerprint density at radius 3 is 2.26 bits per heavy atom. The maximum absolute atomic E-state index is 11.4. The fourth-order valence-corrected chi connectivity index (χ4v) is 1.85. The molecule has 0 aliphatic heterocycles. The molecule has 0 saturated carbocycles.